The molecule has 1 heterocycles. The first kappa shape index (κ1) is 18.3. The minimum absolute atomic E-state index is 0.314. The average Bonchev–Trinajstić information content (AvgIpc) is 2.91. The van der Waals surface area contributed by atoms with E-state index in [1.165, 1.54) is 6.07 Å². The highest BCUT2D eigenvalue weighted by Crippen LogP contribution is 2.30. The molecule has 26 heavy (non-hydrogen) atoms. The van der Waals surface area contributed by atoms with Crippen LogP contribution >= 0.6 is 12.2 Å². The van der Waals surface area contributed by atoms with E-state index in [4.69, 9.17) is 12.2 Å². The molecule has 0 aliphatic rings. The van der Waals surface area contributed by atoms with Gasteiger partial charge in [-0.25, -0.2) is 0 Å². The van der Waals surface area contributed by atoms with Crippen LogP contribution in [0.4, 0.5) is 18.9 Å². The average molecular weight is 377 g/mol. The number of aryl methyl sites for hydroxylation is 1. The third-order valence-corrected chi connectivity index (χ3v) is 4.59. The number of hydrogen-bond acceptors (Lipinski definition) is 1. The number of thiocarbonyl (C=S) groups is 1. The van der Waals surface area contributed by atoms with E-state index in [-0.39, 0.29) is 0 Å². The number of nitrogens with one attached hydrogen (secondary N) is 1. The van der Waals surface area contributed by atoms with Crippen LogP contribution in [0, 0.1) is 0 Å². The highest BCUT2D eigenvalue weighted by atomic mass is 32.1. The molecule has 0 saturated carbocycles. The molecule has 0 radical (unpaired) electrons. The molecule has 0 aliphatic carbocycles. The Morgan fingerprint density at radius 1 is 1.15 bits per heavy atom. The van der Waals surface area contributed by atoms with Crippen molar-refractivity contribution in [1.29, 1.82) is 0 Å². The van der Waals surface area contributed by atoms with Gasteiger partial charge in [-0.15, -0.1) is 0 Å². The predicted octanol–water partition coefficient (Wildman–Crippen LogP) is 5.03. The Hall–Kier alpha value is -2.54. The molecule has 3 rings (SSSR count). The summed E-state index contributed by atoms with van der Waals surface area (Å²) in [5.74, 6) is 0. The quantitative estimate of drug-likeness (QED) is 0.647. The van der Waals surface area contributed by atoms with Gasteiger partial charge in [0.15, 0.2) is 5.11 Å². The van der Waals surface area contributed by atoms with Crippen LogP contribution < -0.4 is 5.32 Å². The minimum Gasteiger partial charge on any atom is -0.350 e. The first-order valence-electron chi connectivity index (χ1n) is 7.98. The first-order valence-corrected chi connectivity index (χ1v) is 8.39. The van der Waals surface area contributed by atoms with E-state index < -0.39 is 11.7 Å². The van der Waals surface area contributed by atoms with Gasteiger partial charge in [-0.05, 0) is 42.0 Å². The van der Waals surface area contributed by atoms with E-state index in [0.29, 0.717) is 17.3 Å². The second kappa shape index (κ2) is 6.99. The Morgan fingerprint density at radius 3 is 2.62 bits per heavy atom. The van der Waals surface area contributed by atoms with Gasteiger partial charge in [-0.2, -0.15) is 13.2 Å². The Kier molecular flexibility index (Phi) is 4.91. The van der Waals surface area contributed by atoms with Crippen LogP contribution in [0.1, 0.15) is 11.1 Å². The maximum Gasteiger partial charge on any atom is 0.416 e. The van der Waals surface area contributed by atoms with Crippen molar-refractivity contribution in [1.82, 2.24) is 9.47 Å². The molecule has 2 aromatic carbocycles. The molecule has 0 bridgehead atoms. The Balaban J connectivity index is 1.74. The molecular formula is C19H18F3N3S. The van der Waals surface area contributed by atoms with Gasteiger partial charge in [-0.1, -0.05) is 24.3 Å². The lowest BCUT2D eigenvalue weighted by Gasteiger charge is -2.21. The van der Waals surface area contributed by atoms with Gasteiger partial charge in [-0.3, -0.25) is 0 Å². The summed E-state index contributed by atoms with van der Waals surface area (Å²) in [5, 5.41) is 4.37. The number of nitrogens with zero attached hydrogens (tertiary/aromatic N) is 2. The van der Waals surface area contributed by atoms with Crippen LogP contribution in [-0.4, -0.2) is 21.6 Å². The molecule has 3 aromatic rings. The van der Waals surface area contributed by atoms with E-state index in [1.807, 2.05) is 49.1 Å². The summed E-state index contributed by atoms with van der Waals surface area (Å²) in [6.07, 6.45) is -2.35. The van der Waals surface area contributed by atoms with E-state index in [0.717, 1.165) is 28.6 Å². The van der Waals surface area contributed by atoms with Crippen molar-refractivity contribution >= 4 is 33.9 Å². The number of anilines is 1. The molecule has 0 unspecified atom stereocenters. The number of alkyl halides is 3. The number of fused-ring (bicyclic) bond motifs is 1. The number of halogens is 3. The monoisotopic (exact) mass is 377 g/mol. The highest BCUT2D eigenvalue weighted by molar-refractivity contribution is 7.80. The van der Waals surface area contributed by atoms with E-state index in [9.17, 15) is 13.2 Å². The third kappa shape index (κ3) is 3.83. The van der Waals surface area contributed by atoms with Crippen LogP contribution in [0.2, 0.25) is 0 Å². The maximum absolute atomic E-state index is 12.8. The summed E-state index contributed by atoms with van der Waals surface area (Å²) in [6, 6.07) is 13.1. The zero-order valence-electron chi connectivity index (χ0n) is 14.3. The Labute approximate surface area is 155 Å². The molecular weight excluding hydrogens is 359 g/mol. The van der Waals surface area contributed by atoms with Crippen LogP contribution in [0.15, 0.2) is 54.7 Å². The fraction of sp³-hybridized carbons (Fsp3) is 0.211. The van der Waals surface area contributed by atoms with E-state index in [1.54, 1.807) is 11.0 Å². The smallest absolute Gasteiger partial charge is 0.350 e. The number of rotatable bonds is 3. The lowest BCUT2D eigenvalue weighted by Crippen LogP contribution is -2.30. The van der Waals surface area contributed by atoms with Crippen molar-refractivity contribution in [2.24, 2.45) is 7.05 Å². The second-order valence-electron chi connectivity index (χ2n) is 6.15. The van der Waals surface area contributed by atoms with Crippen molar-refractivity contribution in [3.05, 3.63) is 65.9 Å². The molecule has 3 nitrogen and oxygen atoms in total. The molecule has 0 aliphatic heterocycles. The molecule has 0 amide bonds. The fourth-order valence-electron chi connectivity index (χ4n) is 2.87. The zero-order chi connectivity index (χ0) is 18.9. The molecule has 0 spiro atoms. The van der Waals surface area contributed by atoms with Gasteiger partial charge in [0.2, 0.25) is 0 Å². The van der Waals surface area contributed by atoms with Gasteiger partial charge in [0.05, 0.1) is 5.56 Å². The largest absolute Gasteiger partial charge is 0.416 e. The van der Waals surface area contributed by atoms with Crippen molar-refractivity contribution in [2.75, 3.05) is 12.4 Å². The van der Waals surface area contributed by atoms with Crippen molar-refractivity contribution in [3.63, 3.8) is 0 Å². The second-order valence-corrected chi connectivity index (χ2v) is 6.53. The molecule has 0 atom stereocenters. The Bertz CT molecular complexity index is 947. The summed E-state index contributed by atoms with van der Waals surface area (Å²) in [7, 11) is 3.79. The molecule has 0 saturated heterocycles. The summed E-state index contributed by atoms with van der Waals surface area (Å²) in [5.41, 5.74) is 1.82. The summed E-state index contributed by atoms with van der Waals surface area (Å²) >= 11 is 5.35. The summed E-state index contributed by atoms with van der Waals surface area (Å²) < 4.78 is 40.5. The van der Waals surface area contributed by atoms with Gasteiger partial charge in [0, 0.05) is 43.4 Å². The van der Waals surface area contributed by atoms with Crippen LogP contribution in [-0.2, 0) is 19.8 Å². The molecule has 1 aromatic heterocycles. The van der Waals surface area contributed by atoms with E-state index in [2.05, 4.69) is 5.32 Å². The standard InChI is InChI=1S/C19H18F3N3S/c1-24-11-13(16-8-3-4-9-17(16)24)12-25(2)18(26)23-15-7-5-6-14(10-15)19(20,21)22/h3-11H,12H2,1-2H3,(H,23,26). The normalized spacial score (nSPS) is 11.6. The van der Waals surface area contributed by atoms with Crippen LogP contribution in [0.3, 0.4) is 0 Å². The van der Waals surface area contributed by atoms with E-state index >= 15 is 0 Å². The molecule has 0 fully saturated rings. The third-order valence-electron chi connectivity index (χ3n) is 4.17. The number of para-hydroxylation sites is 1. The molecule has 7 heteroatoms. The summed E-state index contributed by atoms with van der Waals surface area (Å²) in [4.78, 5) is 1.80. The summed E-state index contributed by atoms with van der Waals surface area (Å²) in [6.45, 7) is 0.548. The number of aromatic nitrogens is 1. The Morgan fingerprint density at radius 2 is 1.88 bits per heavy atom. The SMILES string of the molecule is CN(Cc1cn(C)c2ccccc12)C(=S)Nc1cccc(C(F)(F)F)c1. The topological polar surface area (TPSA) is 20.2 Å². The lowest BCUT2D eigenvalue weighted by atomic mass is 10.1. The van der Waals surface area contributed by atoms with Gasteiger partial charge < -0.3 is 14.8 Å². The fourth-order valence-corrected chi connectivity index (χ4v) is 3.05. The zero-order valence-corrected chi connectivity index (χ0v) is 15.2. The molecule has 136 valence electrons. The minimum atomic E-state index is -4.38. The van der Waals surface area contributed by atoms with Crippen molar-refractivity contribution in [2.45, 2.75) is 12.7 Å². The van der Waals surface area contributed by atoms with Gasteiger partial charge in [0.1, 0.15) is 0 Å². The van der Waals surface area contributed by atoms with Crippen LogP contribution in [0.25, 0.3) is 10.9 Å². The lowest BCUT2D eigenvalue weighted by molar-refractivity contribution is -0.137. The highest BCUT2D eigenvalue weighted by Gasteiger charge is 2.30. The van der Waals surface area contributed by atoms with Crippen molar-refractivity contribution in [3.8, 4) is 0 Å². The van der Waals surface area contributed by atoms with Gasteiger partial charge >= 0.3 is 6.18 Å². The molecule has 1 N–H and O–H groups in total. The predicted molar refractivity (Wildman–Crippen MR) is 102 cm³/mol. The number of benzene rings is 2. The van der Waals surface area contributed by atoms with Crippen molar-refractivity contribution < 1.29 is 13.2 Å². The first-order chi connectivity index (χ1) is 12.3. The van der Waals surface area contributed by atoms with Gasteiger partial charge in [0.25, 0.3) is 0 Å². The van der Waals surface area contributed by atoms with Crippen LogP contribution in [0.5, 0.6) is 0 Å². The number of hydrogen-bond donors (Lipinski definition) is 1. The maximum atomic E-state index is 12.8.